The molecule has 1 aromatic carbocycles. The van der Waals surface area contributed by atoms with Crippen LogP contribution in [0.5, 0.6) is 0 Å². The van der Waals surface area contributed by atoms with Crippen molar-refractivity contribution in [2.45, 2.75) is 66.4 Å². The quantitative estimate of drug-likeness (QED) is 0.179. The molecule has 0 amide bonds. The topological polar surface area (TPSA) is 72.9 Å². The third kappa shape index (κ3) is 6.53. The average molecular weight is 616 g/mol. The highest BCUT2D eigenvalue weighted by molar-refractivity contribution is 7.16. The van der Waals surface area contributed by atoms with E-state index >= 15 is 0 Å². The Kier molecular flexibility index (Phi) is 9.16. The number of hydrogen-bond acceptors (Lipinski definition) is 8. The number of rotatable bonds is 9. The fraction of sp³-hybridized carbons (Fsp3) is 0.441. The number of unbranched alkanes of at least 4 members (excludes halogenated alkanes) is 1. The van der Waals surface area contributed by atoms with E-state index in [0.717, 1.165) is 79.7 Å². The Bertz CT molecular complexity index is 1690. The molecule has 1 aliphatic heterocycles. The minimum absolute atomic E-state index is 0.245. The number of aromatic nitrogens is 3. The van der Waals surface area contributed by atoms with Gasteiger partial charge in [-0.1, -0.05) is 31.6 Å². The molecule has 1 fully saturated rings. The van der Waals surface area contributed by atoms with Gasteiger partial charge >= 0.3 is 0 Å². The Hall–Kier alpha value is -4.10. The van der Waals surface area contributed by atoms with Gasteiger partial charge in [0, 0.05) is 45.0 Å². The van der Waals surface area contributed by atoms with Gasteiger partial charge in [0.25, 0.3) is 0 Å². The molecule has 0 N–H and O–H groups in total. The SMILES string of the molecule is CCC/C=C(\OC(C)(C)C)N1CCN(c2cc(C)c3nc(CC)c(N(C)c4nc(-c5ccc(F)cc5)c(C#N)s4)n3c2)CC1. The zero-order chi connectivity index (χ0) is 31.6. The third-order valence-electron chi connectivity index (χ3n) is 7.68. The van der Waals surface area contributed by atoms with E-state index in [1.165, 1.54) is 23.5 Å². The fourth-order valence-corrected chi connectivity index (χ4v) is 6.37. The molecule has 0 atom stereocenters. The van der Waals surface area contributed by atoms with Crippen molar-refractivity contribution in [3.63, 3.8) is 0 Å². The molecule has 10 heteroatoms. The summed E-state index contributed by atoms with van der Waals surface area (Å²) in [5.74, 6) is 1.59. The molecule has 44 heavy (non-hydrogen) atoms. The first kappa shape index (κ1) is 31.3. The van der Waals surface area contributed by atoms with Gasteiger partial charge in [-0.05, 0) is 82.5 Å². The molecular weight excluding hydrogens is 573 g/mol. The maximum atomic E-state index is 13.6. The summed E-state index contributed by atoms with van der Waals surface area (Å²) >= 11 is 1.33. The number of allylic oxidation sites excluding steroid dienone is 1. The van der Waals surface area contributed by atoms with Crippen molar-refractivity contribution in [2.24, 2.45) is 0 Å². The van der Waals surface area contributed by atoms with Gasteiger partial charge in [0.1, 0.15) is 39.5 Å². The number of anilines is 3. The minimum Gasteiger partial charge on any atom is -0.474 e. The Morgan fingerprint density at radius 2 is 1.84 bits per heavy atom. The summed E-state index contributed by atoms with van der Waals surface area (Å²) in [6.45, 7) is 16.2. The molecule has 3 aromatic heterocycles. The number of aryl methyl sites for hydroxylation is 2. The second-order valence-corrected chi connectivity index (χ2v) is 13.2. The van der Waals surface area contributed by atoms with Crippen LogP contribution in [-0.2, 0) is 11.2 Å². The number of benzene rings is 1. The van der Waals surface area contributed by atoms with Crippen molar-refractivity contribution >= 4 is 33.6 Å². The van der Waals surface area contributed by atoms with Crippen LogP contribution in [0.15, 0.2) is 48.5 Å². The zero-order valence-corrected chi connectivity index (χ0v) is 27.6. The lowest BCUT2D eigenvalue weighted by molar-refractivity contribution is -0.000385. The number of nitrogens with zero attached hydrogens (tertiary/aromatic N) is 7. The molecule has 0 aliphatic carbocycles. The van der Waals surface area contributed by atoms with Gasteiger partial charge in [-0.25, -0.2) is 14.4 Å². The van der Waals surface area contributed by atoms with Gasteiger partial charge < -0.3 is 19.4 Å². The molecule has 232 valence electrons. The van der Waals surface area contributed by atoms with E-state index in [1.807, 2.05) is 11.9 Å². The van der Waals surface area contributed by atoms with Gasteiger partial charge in [0.05, 0.1) is 11.4 Å². The molecule has 0 spiro atoms. The van der Waals surface area contributed by atoms with E-state index < -0.39 is 0 Å². The minimum atomic E-state index is -0.322. The molecule has 0 radical (unpaired) electrons. The van der Waals surface area contributed by atoms with Crippen LogP contribution in [0.25, 0.3) is 16.9 Å². The molecular formula is C34H42FN7OS. The number of fused-ring (bicyclic) bond motifs is 1. The Labute approximate surface area is 264 Å². The Morgan fingerprint density at radius 1 is 1.14 bits per heavy atom. The maximum absolute atomic E-state index is 13.6. The van der Waals surface area contributed by atoms with Crippen LogP contribution < -0.4 is 9.80 Å². The van der Waals surface area contributed by atoms with Crippen molar-refractivity contribution in [1.82, 2.24) is 19.3 Å². The molecule has 1 aliphatic rings. The van der Waals surface area contributed by atoms with Crippen molar-refractivity contribution in [3.8, 4) is 17.3 Å². The first-order chi connectivity index (χ1) is 21.0. The first-order valence-electron chi connectivity index (χ1n) is 15.3. The van der Waals surface area contributed by atoms with E-state index in [9.17, 15) is 9.65 Å². The van der Waals surface area contributed by atoms with Crippen molar-refractivity contribution in [1.29, 1.82) is 5.26 Å². The van der Waals surface area contributed by atoms with Crippen LogP contribution in [-0.4, -0.2) is 58.1 Å². The number of thiazole rings is 1. The summed E-state index contributed by atoms with van der Waals surface area (Å²) in [5.41, 5.74) is 5.14. The first-order valence-corrected chi connectivity index (χ1v) is 16.2. The Balaban J connectivity index is 1.45. The lowest BCUT2D eigenvalue weighted by Crippen LogP contribution is -2.47. The predicted octanol–water partition coefficient (Wildman–Crippen LogP) is 7.69. The monoisotopic (exact) mass is 615 g/mol. The van der Waals surface area contributed by atoms with Crippen LogP contribution >= 0.6 is 11.3 Å². The molecule has 8 nitrogen and oxygen atoms in total. The van der Waals surface area contributed by atoms with Crippen molar-refractivity contribution in [2.75, 3.05) is 43.0 Å². The molecule has 4 aromatic rings. The lowest BCUT2D eigenvalue weighted by Gasteiger charge is -2.39. The summed E-state index contributed by atoms with van der Waals surface area (Å²) in [6, 6.07) is 10.6. The van der Waals surface area contributed by atoms with Gasteiger partial charge in [0.2, 0.25) is 0 Å². The number of nitriles is 1. The smallest absolute Gasteiger partial charge is 0.192 e. The third-order valence-corrected chi connectivity index (χ3v) is 8.72. The van der Waals surface area contributed by atoms with Gasteiger partial charge in [-0.2, -0.15) is 5.26 Å². The van der Waals surface area contributed by atoms with Gasteiger partial charge in [-0.15, -0.1) is 0 Å². The largest absolute Gasteiger partial charge is 0.474 e. The summed E-state index contributed by atoms with van der Waals surface area (Å²) < 4.78 is 22.1. The van der Waals surface area contributed by atoms with Gasteiger partial charge in [0.15, 0.2) is 11.0 Å². The molecule has 4 heterocycles. The van der Waals surface area contributed by atoms with Crippen molar-refractivity contribution < 1.29 is 9.13 Å². The maximum Gasteiger partial charge on any atom is 0.192 e. The molecule has 0 saturated carbocycles. The summed E-state index contributed by atoms with van der Waals surface area (Å²) in [5, 5.41) is 10.6. The molecule has 0 unspecified atom stereocenters. The molecule has 5 rings (SSSR count). The summed E-state index contributed by atoms with van der Waals surface area (Å²) in [6.07, 6.45) is 7.24. The van der Waals surface area contributed by atoms with E-state index in [-0.39, 0.29) is 11.4 Å². The van der Waals surface area contributed by atoms with E-state index in [4.69, 9.17) is 14.7 Å². The number of ether oxygens (including phenoxy) is 1. The second-order valence-electron chi connectivity index (χ2n) is 12.2. The van der Waals surface area contributed by atoms with Crippen LogP contribution in [0.1, 0.15) is 63.6 Å². The van der Waals surface area contributed by atoms with Crippen LogP contribution in [0, 0.1) is 24.1 Å². The van der Waals surface area contributed by atoms with Crippen LogP contribution in [0.4, 0.5) is 21.0 Å². The van der Waals surface area contributed by atoms with Crippen LogP contribution in [0.2, 0.25) is 0 Å². The van der Waals surface area contributed by atoms with E-state index in [0.29, 0.717) is 21.3 Å². The molecule has 0 bridgehead atoms. The summed E-state index contributed by atoms with van der Waals surface area (Å²) in [4.78, 5) is 17.2. The number of hydrogen-bond donors (Lipinski definition) is 0. The Morgan fingerprint density at radius 3 is 2.45 bits per heavy atom. The standard InChI is InChI=1S/C34H42FN7OS/c1-8-10-11-29(43-34(4,5)6)41-18-16-40(17-19-41)26-20-23(3)31-37-27(9-2)32(42(31)22-26)39(7)33-38-30(28(21-36)44-33)24-12-14-25(35)15-13-24/h11-15,20,22H,8-10,16-19H2,1-7H3/b29-11-. The van der Waals surface area contributed by atoms with Crippen LogP contribution in [0.3, 0.4) is 0 Å². The summed E-state index contributed by atoms with van der Waals surface area (Å²) in [7, 11) is 1.97. The highest BCUT2D eigenvalue weighted by atomic mass is 32.1. The zero-order valence-electron chi connectivity index (χ0n) is 26.8. The molecule has 1 saturated heterocycles. The fourth-order valence-electron chi connectivity index (χ4n) is 5.52. The highest BCUT2D eigenvalue weighted by Gasteiger charge is 2.26. The highest BCUT2D eigenvalue weighted by Crippen LogP contribution is 2.38. The van der Waals surface area contributed by atoms with Gasteiger partial charge in [-0.3, -0.25) is 4.40 Å². The average Bonchev–Trinajstić information content (AvgIpc) is 3.61. The number of piperazine rings is 1. The van der Waals surface area contributed by atoms with Crippen molar-refractivity contribution in [3.05, 3.63) is 70.4 Å². The predicted molar refractivity (Wildman–Crippen MR) is 177 cm³/mol. The number of imidazole rings is 1. The normalized spacial score (nSPS) is 14.3. The van der Waals surface area contributed by atoms with E-state index in [1.54, 1.807) is 12.1 Å². The number of pyridine rings is 1. The van der Waals surface area contributed by atoms with E-state index in [2.05, 4.69) is 80.2 Å². The number of halogens is 1. The lowest BCUT2D eigenvalue weighted by atomic mass is 10.1. The second kappa shape index (κ2) is 12.9.